The van der Waals surface area contributed by atoms with Crippen molar-refractivity contribution in [3.8, 4) is 0 Å². The molecule has 2 nitrogen and oxygen atoms in total. The fourth-order valence-electron chi connectivity index (χ4n) is 1.91. The molecule has 2 aromatic rings. The van der Waals surface area contributed by atoms with Crippen molar-refractivity contribution in [1.82, 2.24) is 4.57 Å². The van der Waals surface area contributed by atoms with Gasteiger partial charge in [-0.25, -0.2) is 0 Å². The molecule has 0 bridgehead atoms. The monoisotopic (exact) mass is 201 g/mol. The van der Waals surface area contributed by atoms with Crippen molar-refractivity contribution in [2.75, 3.05) is 0 Å². The first-order valence-corrected chi connectivity index (χ1v) is 5.25. The van der Waals surface area contributed by atoms with Crippen LogP contribution in [0.5, 0.6) is 0 Å². The zero-order valence-corrected chi connectivity index (χ0v) is 9.10. The smallest absolute Gasteiger partial charge is 0.152 e. The minimum absolute atomic E-state index is 0.584. The summed E-state index contributed by atoms with van der Waals surface area (Å²) in [5, 5.41) is 1.05. The summed E-state index contributed by atoms with van der Waals surface area (Å²) in [4.78, 5) is 10.9. The maximum absolute atomic E-state index is 10.9. The number of benzene rings is 1. The van der Waals surface area contributed by atoms with Gasteiger partial charge in [0.25, 0.3) is 0 Å². The Kier molecular flexibility index (Phi) is 2.58. The minimum Gasteiger partial charge on any atom is -0.346 e. The summed E-state index contributed by atoms with van der Waals surface area (Å²) < 4.78 is 2.16. The summed E-state index contributed by atoms with van der Waals surface area (Å²) in [6.45, 7) is 5.30. The van der Waals surface area contributed by atoms with Crippen LogP contribution >= 0.6 is 0 Å². The number of rotatable bonds is 3. The molecule has 1 aromatic carbocycles. The summed E-state index contributed by atoms with van der Waals surface area (Å²) in [6.07, 6.45) is 2.87. The van der Waals surface area contributed by atoms with Crippen LogP contribution in [-0.2, 0) is 6.54 Å². The van der Waals surface area contributed by atoms with Crippen LogP contribution in [0.4, 0.5) is 0 Å². The Morgan fingerprint density at radius 3 is 2.73 bits per heavy atom. The Hall–Kier alpha value is -1.57. The van der Waals surface area contributed by atoms with Gasteiger partial charge < -0.3 is 4.57 Å². The second kappa shape index (κ2) is 3.89. The predicted molar refractivity (Wildman–Crippen MR) is 62.2 cm³/mol. The zero-order chi connectivity index (χ0) is 10.8. The first-order valence-electron chi connectivity index (χ1n) is 5.25. The Balaban J connectivity index is 2.59. The lowest BCUT2D eigenvalue weighted by Crippen LogP contribution is -2.02. The van der Waals surface area contributed by atoms with Crippen molar-refractivity contribution in [2.45, 2.75) is 20.4 Å². The van der Waals surface area contributed by atoms with Crippen molar-refractivity contribution in [2.24, 2.45) is 5.92 Å². The molecule has 0 amide bonds. The van der Waals surface area contributed by atoms with E-state index in [1.54, 1.807) is 0 Å². The van der Waals surface area contributed by atoms with Crippen LogP contribution in [0.1, 0.15) is 24.2 Å². The van der Waals surface area contributed by atoms with Crippen LogP contribution in [0.25, 0.3) is 10.9 Å². The van der Waals surface area contributed by atoms with Gasteiger partial charge >= 0.3 is 0 Å². The van der Waals surface area contributed by atoms with E-state index in [9.17, 15) is 4.79 Å². The van der Waals surface area contributed by atoms with E-state index in [-0.39, 0.29) is 0 Å². The number of hydrogen-bond acceptors (Lipinski definition) is 1. The normalized spacial score (nSPS) is 11.1. The summed E-state index contributed by atoms with van der Waals surface area (Å²) in [5.74, 6) is 0.584. The van der Waals surface area contributed by atoms with Gasteiger partial charge in [-0.1, -0.05) is 32.0 Å². The second-order valence-electron chi connectivity index (χ2n) is 4.27. The summed E-state index contributed by atoms with van der Waals surface area (Å²) in [6, 6.07) is 8.03. The second-order valence-corrected chi connectivity index (χ2v) is 4.27. The average Bonchev–Trinajstić information content (AvgIpc) is 2.56. The minimum atomic E-state index is 0.584. The standard InChI is InChI=1S/C13H15NO/c1-10(2)7-14-8-11(9-15)12-5-3-4-6-13(12)14/h3-6,8-10H,7H2,1-2H3. The first-order chi connectivity index (χ1) is 7.22. The van der Waals surface area contributed by atoms with Gasteiger partial charge in [0.1, 0.15) is 0 Å². The summed E-state index contributed by atoms with van der Waals surface area (Å²) in [7, 11) is 0. The number of aromatic nitrogens is 1. The van der Waals surface area contributed by atoms with E-state index in [4.69, 9.17) is 0 Å². The number of nitrogens with zero attached hydrogens (tertiary/aromatic N) is 1. The number of hydrogen-bond donors (Lipinski definition) is 0. The molecule has 15 heavy (non-hydrogen) atoms. The van der Waals surface area contributed by atoms with Crippen molar-refractivity contribution in [3.05, 3.63) is 36.0 Å². The van der Waals surface area contributed by atoms with E-state index < -0.39 is 0 Å². The van der Waals surface area contributed by atoms with Gasteiger partial charge in [0.15, 0.2) is 6.29 Å². The molecular formula is C13H15NO. The highest BCUT2D eigenvalue weighted by molar-refractivity contribution is 5.97. The summed E-state index contributed by atoms with van der Waals surface area (Å²) in [5.41, 5.74) is 1.93. The van der Waals surface area contributed by atoms with Gasteiger partial charge in [-0.3, -0.25) is 4.79 Å². The lowest BCUT2D eigenvalue weighted by atomic mass is 10.2. The average molecular weight is 201 g/mol. The van der Waals surface area contributed by atoms with Crippen molar-refractivity contribution in [1.29, 1.82) is 0 Å². The van der Waals surface area contributed by atoms with Gasteiger partial charge in [-0.05, 0) is 12.0 Å². The lowest BCUT2D eigenvalue weighted by Gasteiger charge is -2.07. The molecule has 0 fully saturated rings. The molecule has 0 radical (unpaired) electrons. The van der Waals surface area contributed by atoms with Crippen LogP contribution in [0.3, 0.4) is 0 Å². The third-order valence-electron chi connectivity index (χ3n) is 2.51. The van der Waals surface area contributed by atoms with Gasteiger partial charge in [0, 0.05) is 29.2 Å². The molecule has 0 unspecified atom stereocenters. The maximum Gasteiger partial charge on any atom is 0.152 e. The number of aldehydes is 1. The highest BCUT2D eigenvalue weighted by Crippen LogP contribution is 2.20. The van der Waals surface area contributed by atoms with E-state index in [2.05, 4.69) is 24.5 Å². The largest absolute Gasteiger partial charge is 0.346 e. The lowest BCUT2D eigenvalue weighted by molar-refractivity contribution is 0.112. The van der Waals surface area contributed by atoms with Gasteiger partial charge in [0.05, 0.1) is 0 Å². The van der Waals surface area contributed by atoms with Crippen LogP contribution in [0.2, 0.25) is 0 Å². The van der Waals surface area contributed by atoms with Crippen LogP contribution < -0.4 is 0 Å². The molecule has 0 N–H and O–H groups in total. The van der Waals surface area contributed by atoms with Crippen LogP contribution in [-0.4, -0.2) is 10.9 Å². The molecule has 0 saturated carbocycles. The van der Waals surface area contributed by atoms with E-state index >= 15 is 0 Å². The molecular weight excluding hydrogens is 186 g/mol. The highest BCUT2D eigenvalue weighted by Gasteiger charge is 2.07. The van der Waals surface area contributed by atoms with E-state index in [0.29, 0.717) is 5.92 Å². The highest BCUT2D eigenvalue weighted by atomic mass is 16.1. The fourth-order valence-corrected chi connectivity index (χ4v) is 1.91. The number of para-hydroxylation sites is 1. The number of carbonyl (C=O) groups excluding carboxylic acids is 1. The van der Waals surface area contributed by atoms with Crippen LogP contribution in [0, 0.1) is 5.92 Å². The van der Waals surface area contributed by atoms with Gasteiger partial charge in [0.2, 0.25) is 0 Å². The molecule has 2 heteroatoms. The van der Waals surface area contributed by atoms with Crippen molar-refractivity contribution >= 4 is 17.2 Å². The Morgan fingerprint density at radius 2 is 2.07 bits per heavy atom. The third-order valence-corrected chi connectivity index (χ3v) is 2.51. The molecule has 0 aliphatic heterocycles. The van der Waals surface area contributed by atoms with E-state index in [1.807, 2.05) is 24.4 Å². The molecule has 0 atom stereocenters. The first kappa shape index (κ1) is 9.97. The molecule has 0 spiro atoms. The molecule has 0 aliphatic carbocycles. The topological polar surface area (TPSA) is 22.0 Å². The molecule has 1 heterocycles. The molecule has 78 valence electrons. The predicted octanol–water partition coefficient (Wildman–Crippen LogP) is 3.11. The summed E-state index contributed by atoms with van der Waals surface area (Å²) >= 11 is 0. The maximum atomic E-state index is 10.9. The zero-order valence-electron chi connectivity index (χ0n) is 9.10. The van der Waals surface area contributed by atoms with Crippen LogP contribution in [0.15, 0.2) is 30.5 Å². The SMILES string of the molecule is CC(C)Cn1cc(C=O)c2ccccc21. The van der Waals surface area contributed by atoms with Crippen molar-refractivity contribution < 1.29 is 4.79 Å². The van der Waals surface area contributed by atoms with E-state index in [0.717, 1.165) is 29.3 Å². The van der Waals surface area contributed by atoms with Gasteiger partial charge in [-0.2, -0.15) is 0 Å². The van der Waals surface area contributed by atoms with Gasteiger partial charge in [-0.15, -0.1) is 0 Å². The van der Waals surface area contributed by atoms with E-state index in [1.165, 1.54) is 0 Å². The fraction of sp³-hybridized carbons (Fsp3) is 0.308. The van der Waals surface area contributed by atoms with Crippen molar-refractivity contribution in [3.63, 3.8) is 0 Å². The Labute approximate surface area is 89.5 Å². The molecule has 0 aliphatic rings. The Morgan fingerprint density at radius 1 is 1.33 bits per heavy atom. The number of fused-ring (bicyclic) bond motifs is 1. The molecule has 1 aromatic heterocycles. The Bertz CT molecular complexity index is 482. The molecule has 0 saturated heterocycles. The third kappa shape index (κ3) is 1.80. The number of carbonyl (C=O) groups is 1. The molecule has 2 rings (SSSR count). The quantitative estimate of drug-likeness (QED) is 0.699.